The first-order valence-corrected chi connectivity index (χ1v) is 10.6. The highest BCUT2D eigenvalue weighted by molar-refractivity contribution is 7.99. The van der Waals surface area contributed by atoms with Crippen LogP contribution in [-0.2, 0) is 28.6 Å². The first kappa shape index (κ1) is 19.2. The van der Waals surface area contributed by atoms with Crippen LogP contribution in [0, 0.1) is 0 Å². The molecule has 6 nitrogen and oxygen atoms in total. The van der Waals surface area contributed by atoms with Gasteiger partial charge < -0.3 is 0 Å². The van der Waals surface area contributed by atoms with Crippen molar-refractivity contribution in [1.29, 1.82) is 0 Å². The van der Waals surface area contributed by atoms with Crippen LogP contribution in [0.15, 0.2) is 0 Å². The first-order chi connectivity index (χ1) is 8.64. The average Bonchev–Trinajstić information content (AvgIpc) is 2.22. The third-order valence-electron chi connectivity index (χ3n) is 2.06. The Bertz CT molecular complexity index is 428. The van der Waals surface area contributed by atoms with Gasteiger partial charge in [0.1, 0.15) is 0 Å². The molecular weight excluding hydrogens is 312 g/mol. The Hall–Kier alpha value is 0.170. The number of hydrogen-bond donors (Lipinski definition) is 0. The number of thioether (sulfide) groups is 1. The molecule has 0 bridgehead atoms. The zero-order valence-electron chi connectivity index (χ0n) is 11.5. The van der Waals surface area contributed by atoms with E-state index in [0.717, 1.165) is 31.1 Å². The van der Waals surface area contributed by atoms with Gasteiger partial charge in [0.2, 0.25) is 0 Å². The Labute approximate surface area is 120 Å². The highest BCUT2D eigenvalue weighted by atomic mass is 32.2. The highest BCUT2D eigenvalue weighted by Gasteiger charge is 2.14. The van der Waals surface area contributed by atoms with E-state index in [1.54, 1.807) is 11.8 Å². The minimum atomic E-state index is -3.48. The standard InChI is InChI=1S/C10H22O6S3/c1-4-5-8-17-10(9-16-19(3,13)14)6-7-15-18(2,11)12/h10H,4-9H2,1-3H3/t10-/m1/s1. The van der Waals surface area contributed by atoms with Crippen molar-refractivity contribution in [3.63, 3.8) is 0 Å². The first-order valence-electron chi connectivity index (χ1n) is 5.94. The van der Waals surface area contributed by atoms with E-state index in [0.29, 0.717) is 6.42 Å². The fourth-order valence-corrected chi connectivity index (χ4v) is 3.25. The lowest BCUT2D eigenvalue weighted by Crippen LogP contribution is -2.19. The lowest BCUT2D eigenvalue weighted by molar-refractivity contribution is 0.278. The average molecular weight is 334 g/mol. The van der Waals surface area contributed by atoms with E-state index >= 15 is 0 Å². The molecule has 0 unspecified atom stereocenters. The van der Waals surface area contributed by atoms with E-state index in [2.05, 4.69) is 11.1 Å². The van der Waals surface area contributed by atoms with Gasteiger partial charge >= 0.3 is 0 Å². The number of unbranched alkanes of at least 4 members (excludes halogenated alkanes) is 1. The van der Waals surface area contributed by atoms with Gasteiger partial charge in [0.15, 0.2) is 0 Å². The number of rotatable bonds is 11. The second-order valence-electron chi connectivity index (χ2n) is 4.15. The molecule has 0 N–H and O–H groups in total. The molecular formula is C10H22O6S3. The van der Waals surface area contributed by atoms with Crippen molar-refractivity contribution < 1.29 is 25.2 Å². The van der Waals surface area contributed by atoms with E-state index in [1.165, 1.54) is 0 Å². The second-order valence-corrected chi connectivity index (χ2v) is 8.85. The fraction of sp³-hybridized carbons (Fsp3) is 1.00. The lowest BCUT2D eigenvalue weighted by Gasteiger charge is -2.15. The fourth-order valence-electron chi connectivity index (χ4n) is 1.14. The van der Waals surface area contributed by atoms with Crippen molar-refractivity contribution in [3.8, 4) is 0 Å². The molecule has 0 aliphatic heterocycles. The van der Waals surface area contributed by atoms with Crippen LogP contribution in [0.25, 0.3) is 0 Å². The molecule has 19 heavy (non-hydrogen) atoms. The van der Waals surface area contributed by atoms with Crippen LogP contribution in [0.1, 0.15) is 26.2 Å². The summed E-state index contributed by atoms with van der Waals surface area (Å²) in [7, 11) is -6.93. The Kier molecular flexibility index (Phi) is 9.25. The zero-order chi connectivity index (χ0) is 14.9. The Morgan fingerprint density at radius 3 is 2.11 bits per heavy atom. The van der Waals surface area contributed by atoms with Crippen molar-refractivity contribution in [2.75, 3.05) is 31.5 Å². The van der Waals surface area contributed by atoms with Crippen LogP contribution in [0.2, 0.25) is 0 Å². The minimum Gasteiger partial charge on any atom is -0.270 e. The van der Waals surface area contributed by atoms with E-state index in [1.807, 2.05) is 0 Å². The molecule has 0 saturated carbocycles. The summed E-state index contributed by atoms with van der Waals surface area (Å²) in [4.78, 5) is 0. The minimum absolute atomic E-state index is 0.0374. The van der Waals surface area contributed by atoms with E-state index in [4.69, 9.17) is 4.18 Å². The molecule has 0 amide bonds. The predicted octanol–water partition coefficient (Wildman–Crippen LogP) is 1.23. The summed E-state index contributed by atoms with van der Waals surface area (Å²) in [6, 6.07) is 0. The van der Waals surface area contributed by atoms with Gasteiger partial charge in [0.05, 0.1) is 25.7 Å². The van der Waals surface area contributed by atoms with E-state index in [9.17, 15) is 16.8 Å². The van der Waals surface area contributed by atoms with Gasteiger partial charge in [-0.2, -0.15) is 28.6 Å². The Morgan fingerprint density at radius 1 is 1.05 bits per heavy atom. The van der Waals surface area contributed by atoms with Crippen LogP contribution in [0.3, 0.4) is 0 Å². The molecule has 0 fully saturated rings. The number of hydrogen-bond acceptors (Lipinski definition) is 7. The maximum Gasteiger partial charge on any atom is 0.264 e. The summed E-state index contributed by atoms with van der Waals surface area (Å²) in [5, 5.41) is -0.0944. The Balaban J connectivity index is 4.17. The van der Waals surface area contributed by atoms with E-state index < -0.39 is 20.2 Å². The summed E-state index contributed by atoms with van der Waals surface area (Å²) in [6.45, 7) is 2.14. The topological polar surface area (TPSA) is 86.7 Å². The van der Waals surface area contributed by atoms with Crippen molar-refractivity contribution in [2.24, 2.45) is 0 Å². The van der Waals surface area contributed by atoms with Gasteiger partial charge in [0, 0.05) is 5.25 Å². The summed E-state index contributed by atoms with van der Waals surface area (Å²) in [6.07, 6.45) is 4.48. The molecule has 0 aromatic carbocycles. The smallest absolute Gasteiger partial charge is 0.264 e. The summed E-state index contributed by atoms with van der Waals surface area (Å²) in [5.41, 5.74) is 0. The van der Waals surface area contributed by atoms with Crippen molar-refractivity contribution >= 4 is 32.0 Å². The molecule has 0 aliphatic carbocycles. The molecule has 0 aromatic rings. The lowest BCUT2D eigenvalue weighted by atomic mass is 10.3. The molecule has 0 heterocycles. The molecule has 0 saturated heterocycles. The SMILES string of the molecule is CCCCS[C@H](CCOS(C)(=O)=O)COS(C)(=O)=O. The molecule has 0 rings (SSSR count). The monoisotopic (exact) mass is 334 g/mol. The molecule has 9 heteroatoms. The molecule has 0 aliphatic rings. The third-order valence-corrected chi connectivity index (χ3v) is 4.58. The van der Waals surface area contributed by atoms with Gasteiger partial charge in [-0.25, -0.2) is 0 Å². The van der Waals surface area contributed by atoms with Crippen molar-refractivity contribution in [2.45, 2.75) is 31.4 Å². The van der Waals surface area contributed by atoms with Gasteiger partial charge in [-0.05, 0) is 18.6 Å². The van der Waals surface area contributed by atoms with Gasteiger partial charge in [-0.3, -0.25) is 8.37 Å². The molecule has 1 atom stereocenters. The maximum atomic E-state index is 10.9. The molecule has 0 radical (unpaired) electrons. The third kappa shape index (κ3) is 14.4. The quantitative estimate of drug-likeness (QED) is 0.415. The summed E-state index contributed by atoms with van der Waals surface area (Å²) in [5.74, 6) is 0.882. The molecule has 116 valence electrons. The molecule has 0 aromatic heterocycles. The maximum absolute atomic E-state index is 10.9. The highest BCUT2D eigenvalue weighted by Crippen LogP contribution is 2.18. The van der Waals surface area contributed by atoms with Crippen LogP contribution in [-0.4, -0.2) is 53.6 Å². The van der Waals surface area contributed by atoms with Crippen molar-refractivity contribution in [3.05, 3.63) is 0 Å². The predicted molar refractivity (Wildman–Crippen MR) is 77.4 cm³/mol. The van der Waals surface area contributed by atoms with Crippen LogP contribution in [0.4, 0.5) is 0 Å². The molecule has 0 spiro atoms. The van der Waals surface area contributed by atoms with Gasteiger partial charge in [-0.1, -0.05) is 13.3 Å². The van der Waals surface area contributed by atoms with Crippen LogP contribution < -0.4 is 0 Å². The van der Waals surface area contributed by atoms with Crippen LogP contribution in [0.5, 0.6) is 0 Å². The summed E-state index contributed by atoms with van der Waals surface area (Å²) >= 11 is 1.57. The largest absolute Gasteiger partial charge is 0.270 e. The normalized spacial score (nSPS) is 14.5. The van der Waals surface area contributed by atoms with Gasteiger partial charge in [-0.15, -0.1) is 0 Å². The van der Waals surface area contributed by atoms with Crippen molar-refractivity contribution in [1.82, 2.24) is 0 Å². The second kappa shape index (κ2) is 9.17. The van der Waals surface area contributed by atoms with E-state index in [-0.39, 0.29) is 18.5 Å². The van der Waals surface area contributed by atoms with Gasteiger partial charge in [0.25, 0.3) is 20.2 Å². The Morgan fingerprint density at radius 2 is 1.63 bits per heavy atom. The zero-order valence-corrected chi connectivity index (χ0v) is 13.9. The summed E-state index contributed by atoms with van der Waals surface area (Å²) < 4.78 is 53.0. The van der Waals surface area contributed by atoms with Crippen LogP contribution >= 0.6 is 11.8 Å².